The van der Waals surface area contributed by atoms with E-state index in [4.69, 9.17) is 4.98 Å². The summed E-state index contributed by atoms with van der Waals surface area (Å²) in [6.45, 7) is 3.15. The van der Waals surface area contributed by atoms with Crippen molar-refractivity contribution in [1.82, 2.24) is 15.0 Å². The summed E-state index contributed by atoms with van der Waals surface area (Å²) in [5.74, 6) is 1.38. The van der Waals surface area contributed by atoms with E-state index in [0.29, 0.717) is 5.92 Å². The number of hydrogen-bond acceptors (Lipinski definition) is 5. The van der Waals surface area contributed by atoms with Crippen molar-refractivity contribution in [1.29, 1.82) is 0 Å². The van der Waals surface area contributed by atoms with Crippen LogP contribution in [0.15, 0.2) is 67.1 Å². The van der Waals surface area contributed by atoms with Crippen molar-refractivity contribution in [3.05, 3.63) is 67.1 Å². The van der Waals surface area contributed by atoms with Gasteiger partial charge in [-0.05, 0) is 42.7 Å². The van der Waals surface area contributed by atoms with E-state index in [1.807, 2.05) is 30.6 Å². The fraction of sp³-hybridized carbons (Fsp3) is 0.286. The Kier molecular flexibility index (Phi) is 4.78. The molecule has 5 heteroatoms. The molecule has 0 bridgehead atoms. The smallest absolute Gasteiger partial charge is 0.225 e. The minimum atomic E-state index is 0.617. The first-order valence-corrected chi connectivity index (χ1v) is 9.04. The average molecular weight is 345 g/mol. The van der Waals surface area contributed by atoms with Gasteiger partial charge in [-0.3, -0.25) is 4.98 Å². The third-order valence-corrected chi connectivity index (χ3v) is 4.88. The van der Waals surface area contributed by atoms with Crippen molar-refractivity contribution in [2.45, 2.75) is 6.42 Å². The molecule has 2 aromatic heterocycles. The Hall–Kier alpha value is -2.95. The molecule has 26 heavy (non-hydrogen) atoms. The Morgan fingerprint density at radius 3 is 2.77 bits per heavy atom. The molecule has 0 spiro atoms. The normalized spacial score (nSPS) is 16.7. The Morgan fingerprint density at radius 1 is 1.08 bits per heavy atom. The maximum atomic E-state index is 4.72. The van der Waals surface area contributed by atoms with Crippen molar-refractivity contribution in [2.24, 2.45) is 5.92 Å². The van der Waals surface area contributed by atoms with Gasteiger partial charge in [-0.25, -0.2) is 9.97 Å². The second kappa shape index (κ2) is 7.52. The highest BCUT2D eigenvalue weighted by molar-refractivity contribution is 5.58. The second-order valence-corrected chi connectivity index (χ2v) is 6.80. The third kappa shape index (κ3) is 3.67. The zero-order valence-electron chi connectivity index (χ0n) is 15.0. The predicted molar refractivity (Wildman–Crippen MR) is 105 cm³/mol. The summed E-state index contributed by atoms with van der Waals surface area (Å²) in [4.78, 5) is 18.0. The van der Waals surface area contributed by atoms with E-state index in [9.17, 15) is 0 Å². The zero-order valence-corrected chi connectivity index (χ0v) is 15.0. The van der Waals surface area contributed by atoms with Crippen LogP contribution in [0.4, 0.5) is 11.6 Å². The van der Waals surface area contributed by atoms with E-state index >= 15 is 0 Å². The molecule has 1 fully saturated rings. The highest BCUT2D eigenvalue weighted by atomic mass is 15.2. The Labute approximate surface area is 154 Å². The van der Waals surface area contributed by atoms with Crippen LogP contribution in [-0.4, -0.2) is 41.6 Å². The maximum absolute atomic E-state index is 4.72. The molecule has 0 amide bonds. The van der Waals surface area contributed by atoms with Crippen LogP contribution in [0.25, 0.3) is 11.3 Å². The summed E-state index contributed by atoms with van der Waals surface area (Å²) >= 11 is 0. The highest BCUT2D eigenvalue weighted by Gasteiger charge is 2.24. The van der Waals surface area contributed by atoms with E-state index in [1.165, 1.54) is 12.1 Å². The minimum absolute atomic E-state index is 0.617. The zero-order chi connectivity index (χ0) is 17.8. The number of nitrogens with zero attached hydrogens (tertiary/aromatic N) is 5. The van der Waals surface area contributed by atoms with Gasteiger partial charge in [0, 0.05) is 56.5 Å². The molecule has 0 N–H and O–H groups in total. The monoisotopic (exact) mass is 345 g/mol. The largest absolute Gasteiger partial charge is 0.371 e. The molecule has 1 aromatic carbocycles. The van der Waals surface area contributed by atoms with Crippen molar-refractivity contribution >= 4 is 11.6 Å². The van der Waals surface area contributed by atoms with E-state index < -0.39 is 0 Å². The SMILES string of the molecule is CN(CC1CCN(c2ccccc2)C1)c1nccc(-c2cccnc2)n1. The number of benzene rings is 1. The molecule has 1 aliphatic rings. The number of anilines is 2. The molecule has 1 atom stereocenters. The van der Waals surface area contributed by atoms with Gasteiger partial charge < -0.3 is 9.80 Å². The molecule has 0 aliphatic carbocycles. The number of pyridine rings is 1. The lowest BCUT2D eigenvalue weighted by atomic mass is 10.1. The van der Waals surface area contributed by atoms with E-state index in [2.05, 4.69) is 57.1 Å². The molecular weight excluding hydrogens is 322 g/mol. The third-order valence-electron chi connectivity index (χ3n) is 4.88. The molecule has 4 rings (SSSR count). The number of hydrogen-bond donors (Lipinski definition) is 0. The summed E-state index contributed by atoms with van der Waals surface area (Å²) in [6.07, 6.45) is 6.63. The molecule has 3 heterocycles. The lowest BCUT2D eigenvalue weighted by molar-refractivity contribution is 0.578. The van der Waals surface area contributed by atoms with Gasteiger partial charge in [0.1, 0.15) is 0 Å². The van der Waals surface area contributed by atoms with Crippen LogP contribution in [0.3, 0.4) is 0 Å². The summed E-state index contributed by atoms with van der Waals surface area (Å²) in [7, 11) is 2.08. The standard InChI is InChI=1S/C21H23N5/c1-25(15-17-10-13-26(16-17)19-7-3-2-4-8-19)21-23-12-9-20(24-21)18-6-5-11-22-14-18/h2-9,11-12,14,17H,10,13,15-16H2,1H3. The van der Waals surface area contributed by atoms with Crippen LogP contribution in [0, 0.1) is 5.92 Å². The van der Waals surface area contributed by atoms with Gasteiger partial charge in [0.15, 0.2) is 0 Å². The van der Waals surface area contributed by atoms with Crippen molar-refractivity contribution in [3.8, 4) is 11.3 Å². The number of para-hydroxylation sites is 1. The van der Waals surface area contributed by atoms with Gasteiger partial charge in [-0.1, -0.05) is 18.2 Å². The minimum Gasteiger partial charge on any atom is -0.371 e. The fourth-order valence-electron chi connectivity index (χ4n) is 3.53. The fourth-order valence-corrected chi connectivity index (χ4v) is 3.53. The Morgan fingerprint density at radius 2 is 1.96 bits per heavy atom. The van der Waals surface area contributed by atoms with Gasteiger partial charge >= 0.3 is 0 Å². The maximum Gasteiger partial charge on any atom is 0.225 e. The van der Waals surface area contributed by atoms with Crippen LogP contribution in [-0.2, 0) is 0 Å². The summed E-state index contributed by atoms with van der Waals surface area (Å²) in [5.41, 5.74) is 3.24. The second-order valence-electron chi connectivity index (χ2n) is 6.80. The molecule has 1 unspecified atom stereocenters. The summed E-state index contributed by atoms with van der Waals surface area (Å²) in [5, 5.41) is 0. The molecule has 0 radical (unpaired) electrons. The van der Waals surface area contributed by atoms with Crippen LogP contribution < -0.4 is 9.80 Å². The van der Waals surface area contributed by atoms with E-state index in [1.54, 1.807) is 6.20 Å². The van der Waals surface area contributed by atoms with E-state index in [0.717, 1.165) is 36.8 Å². The van der Waals surface area contributed by atoms with Crippen LogP contribution >= 0.6 is 0 Å². The van der Waals surface area contributed by atoms with Crippen molar-refractivity contribution < 1.29 is 0 Å². The van der Waals surface area contributed by atoms with Crippen molar-refractivity contribution in [2.75, 3.05) is 36.5 Å². The van der Waals surface area contributed by atoms with Crippen LogP contribution in [0.5, 0.6) is 0 Å². The van der Waals surface area contributed by atoms with Gasteiger partial charge in [-0.15, -0.1) is 0 Å². The lowest BCUT2D eigenvalue weighted by Gasteiger charge is -2.22. The highest BCUT2D eigenvalue weighted by Crippen LogP contribution is 2.25. The van der Waals surface area contributed by atoms with Crippen molar-refractivity contribution in [3.63, 3.8) is 0 Å². The van der Waals surface area contributed by atoms with E-state index in [-0.39, 0.29) is 0 Å². The molecule has 5 nitrogen and oxygen atoms in total. The van der Waals surface area contributed by atoms with Gasteiger partial charge in [-0.2, -0.15) is 0 Å². The summed E-state index contributed by atoms with van der Waals surface area (Å²) in [6, 6.07) is 16.5. The Balaban J connectivity index is 1.42. The lowest BCUT2D eigenvalue weighted by Crippen LogP contribution is -2.29. The molecule has 3 aromatic rings. The topological polar surface area (TPSA) is 45.2 Å². The van der Waals surface area contributed by atoms with Gasteiger partial charge in [0.2, 0.25) is 5.95 Å². The quantitative estimate of drug-likeness (QED) is 0.708. The number of rotatable bonds is 5. The van der Waals surface area contributed by atoms with Crippen LogP contribution in [0.1, 0.15) is 6.42 Å². The van der Waals surface area contributed by atoms with Gasteiger partial charge in [0.25, 0.3) is 0 Å². The van der Waals surface area contributed by atoms with Crippen LogP contribution in [0.2, 0.25) is 0 Å². The van der Waals surface area contributed by atoms with Gasteiger partial charge in [0.05, 0.1) is 5.69 Å². The molecule has 0 saturated carbocycles. The Bertz CT molecular complexity index is 837. The number of aromatic nitrogens is 3. The molecule has 1 aliphatic heterocycles. The average Bonchev–Trinajstić information content (AvgIpc) is 3.18. The first-order chi connectivity index (χ1) is 12.8. The molecular formula is C21H23N5. The predicted octanol–water partition coefficient (Wildman–Crippen LogP) is 3.50. The molecule has 1 saturated heterocycles. The first kappa shape index (κ1) is 16.5. The first-order valence-electron chi connectivity index (χ1n) is 9.04. The molecule has 132 valence electrons. The summed E-state index contributed by atoms with van der Waals surface area (Å²) < 4.78 is 0.